The Balaban J connectivity index is 1.79. The Morgan fingerprint density at radius 3 is 2.83 bits per heavy atom. The zero-order valence-electron chi connectivity index (χ0n) is 13.8. The first kappa shape index (κ1) is 18.0. The molecule has 0 spiro atoms. The van der Waals surface area contributed by atoms with E-state index in [0.717, 1.165) is 19.5 Å². The summed E-state index contributed by atoms with van der Waals surface area (Å²) in [5.41, 5.74) is 0. The molecule has 23 heavy (non-hydrogen) atoms. The Morgan fingerprint density at radius 1 is 1.48 bits per heavy atom. The van der Waals surface area contributed by atoms with Crippen molar-refractivity contribution in [2.24, 2.45) is 5.92 Å². The Bertz CT molecular complexity index is 553. The van der Waals surface area contributed by atoms with Gasteiger partial charge in [0, 0.05) is 19.1 Å². The molecule has 6 heteroatoms. The molecule has 2 atom stereocenters. The molecule has 1 aromatic rings. The van der Waals surface area contributed by atoms with Gasteiger partial charge in [0.1, 0.15) is 11.6 Å². The lowest BCUT2D eigenvalue weighted by molar-refractivity contribution is -0.127. The molecule has 1 N–H and O–H groups in total. The third-order valence-corrected chi connectivity index (χ3v) is 4.47. The van der Waals surface area contributed by atoms with Gasteiger partial charge < -0.3 is 15.0 Å². The molecule has 1 saturated heterocycles. The van der Waals surface area contributed by atoms with Crippen LogP contribution in [0.1, 0.15) is 27.2 Å². The van der Waals surface area contributed by atoms with Crippen molar-refractivity contribution in [1.29, 1.82) is 0 Å². The highest BCUT2D eigenvalue weighted by molar-refractivity contribution is 6.32. The number of amides is 1. The number of halogens is 2. The topological polar surface area (TPSA) is 41.6 Å². The highest BCUT2D eigenvalue weighted by atomic mass is 35.5. The predicted molar refractivity (Wildman–Crippen MR) is 89.3 cm³/mol. The number of nitrogens with zero attached hydrogens (tertiary/aromatic N) is 1. The lowest BCUT2D eigenvalue weighted by Gasteiger charge is -2.21. The van der Waals surface area contributed by atoms with E-state index in [2.05, 4.69) is 24.1 Å². The molecule has 1 aliphatic rings. The van der Waals surface area contributed by atoms with E-state index in [9.17, 15) is 9.18 Å². The average Bonchev–Trinajstić information content (AvgIpc) is 2.96. The first-order valence-corrected chi connectivity index (χ1v) is 8.38. The van der Waals surface area contributed by atoms with Crippen molar-refractivity contribution in [3.8, 4) is 5.75 Å². The van der Waals surface area contributed by atoms with Crippen LogP contribution in [-0.4, -0.2) is 42.6 Å². The largest absolute Gasteiger partial charge is 0.479 e. The highest BCUT2D eigenvalue weighted by Gasteiger charge is 2.25. The fourth-order valence-electron chi connectivity index (χ4n) is 2.70. The fraction of sp³-hybridized carbons (Fsp3) is 0.588. The van der Waals surface area contributed by atoms with Gasteiger partial charge in [0.2, 0.25) is 0 Å². The van der Waals surface area contributed by atoms with Gasteiger partial charge in [-0.25, -0.2) is 4.39 Å². The molecule has 0 bridgehead atoms. The monoisotopic (exact) mass is 342 g/mol. The summed E-state index contributed by atoms with van der Waals surface area (Å²) in [6, 6.07) is 4.39. The van der Waals surface area contributed by atoms with Crippen molar-refractivity contribution < 1.29 is 13.9 Å². The van der Waals surface area contributed by atoms with Crippen LogP contribution in [0.15, 0.2) is 18.2 Å². The first-order valence-electron chi connectivity index (χ1n) is 8.00. The van der Waals surface area contributed by atoms with E-state index >= 15 is 0 Å². The van der Waals surface area contributed by atoms with E-state index in [4.69, 9.17) is 16.3 Å². The SMILES string of the molecule is CC(C)N1CC[C@H](CNC(=O)[C@H](C)Oc2ccc(F)cc2Cl)C1. The minimum Gasteiger partial charge on any atom is -0.479 e. The molecule has 0 aromatic heterocycles. The van der Waals surface area contributed by atoms with Crippen LogP contribution >= 0.6 is 11.6 Å². The van der Waals surface area contributed by atoms with Gasteiger partial charge in [-0.05, 0) is 57.9 Å². The maximum atomic E-state index is 13.0. The van der Waals surface area contributed by atoms with Gasteiger partial charge in [-0.15, -0.1) is 0 Å². The summed E-state index contributed by atoms with van der Waals surface area (Å²) < 4.78 is 18.5. The van der Waals surface area contributed by atoms with E-state index in [0.29, 0.717) is 24.3 Å². The molecular weight excluding hydrogens is 319 g/mol. The molecule has 0 aliphatic carbocycles. The standard InChI is InChI=1S/C17H24ClFN2O2/c1-11(2)21-7-6-13(10-21)9-20-17(22)12(3)23-16-5-4-14(19)8-15(16)18/h4-5,8,11-13H,6-7,9-10H2,1-3H3,(H,20,22)/t12-,13+/m0/s1. The minimum atomic E-state index is -0.680. The minimum absolute atomic E-state index is 0.160. The maximum Gasteiger partial charge on any atom is 0.260 e. The second-order valence-electron chi connectivity index (χ2n) is 6.32. The van der Waals surface area contributed by atoms with Gasteiger partial charge >= 0.3 is 0 Å². The molecule has 0 radical (unpaired) electrons. The van der Waals surface area contributed by atoms with Gasteiger partial charge in [0.05, 0.1) is 5.02 Å². The summed E-state index contributed by atoms with van der Waals surface area (Å²) in [4.78, 5) is 14.5. The van der Waals surface area contributed by atoms with Crippen LogP contribution in [-0.2, 0) is 4.79 Å². The number of benzene rings is 1. The molecule has 1 aliphatic heterocycles. The lowest BCUT2D eigenvalue weighted by Crippen LogP contribution is -2.39. The van der Waals surface area contributed by atoms with Crippen LogP contribution in [0.3, 0.4) is 0 Å². The zero-order valence-corrected chi connectivity index (χ0v) is 14.6. The van der Waals surface area contributed by atoms with Crippen LogP contribution < -0.4 is 10.1 Å². The summed E-state index contributed by atoms with van der Waals surface area (Å²) in [7, 11) is 0. The van der Waals surface area contributed by atoms with Crippen LogP contribution in [0.25, 0.3) is 0 Å². The zero-order chi connectivity index (χ0) is 17.0. The highest BCUT2D eigenvalue weighted by Crippen LogP contribution is 2.26. The van der Waals surface area contributed by atoms with Gasteiger partial charge in [0.25, 0.3) is 5.91 Å². The average molecular weight is 343 g/mol. The molecule has 1 amide bonds. The Kier molecular flexibility index (Phi) is 6.25. The van der Waals surface area contributed by atoms with Crippen molar-refractivity contribution in [3.05, 3.63) is 29.0 Å². The van der Waals surface area contributed by atoms with Gasteiger partial charge in [-0.1, -0.05) is 11.6 Å². The van der Waals surface area contributed by atoms with Crippen molar-refractivity contribution in [3.63, 3.8) is 0 Å². The predicted octanol–water partition coefficient (Wildman–Crippen LogP) is 3.09. The summed E-state index contributed by atoms with van der Waals surface area (Å²) in [6.45, 7) is 8.76. The number of carbonyl (C=O) groups is 1. The second-order valence-corrected chi connectivity index (χ2v) is 6.73. The van der Waals surface area contributed by atoms with E-state index in [1.807, 2.05) is 0 Å². The number of nitrogens with one attached hydrogen (secondary N) is 1. The molecule has 4 nitrogen and oxygen atoms in total. The van der Waals surface area contributed by atoms with E-state index in [1.54, 1.807) is 6.92 Å². The van der Waals surface area contributed by atoms with E-state index in [1.165, 1.54) is 18.2 Å². The normalized spacial score (nSPS) is 19.8. The van der Waals surface area contributed by atoms with Crippen LogP contribution in [0.2, 0.25) is 5.02 Å². The number of ether oxygens (including phenoxy) is 1. The quantitative estimate of drug-likeness (QED) is 0.863. The molecule has 1 heterocycles. The van der Waals surface area contributed by atoms with Crippen LogP contribution in [0, 0.1) is 11.7 Å². The van der Waals surface area contributed by atoms with Gasteiger partial charge in [-0.3, -0.25) is 4.79 Å². The smallest absolute Gasteiger partial charge is 0.260 e. The van der Waals surface area contributed by atoms with Crippen molar-refractivity contribution >= 4 is 17.5 Å². The van der Waals surface area contributed by atoms with Crippen molar-refractivity contribution in [2.45, 2.75) is 39.3 Å². The summed E-state index contributed by atoms with van der Waals surface area (Å²) in [6.07, 6.45) is 0.415. The molecular formula is C17H24ClFN2O2. The molecule has 0 saturated carbocycles. The molecule has 2 rings (SSSR count). The number of carbonyl (C=O) groups excluding carboxylic acids is 1. The summed E-state index contributed by atoms with van der Waals surface area (Å²) >= 11 is 5.90. The second kappa shape index (κ2) is 7.97. The van der Waals surface area contributed by atoms with E-state index < -0.39 is 11.9 Å². The third kappa shape index (κ3) is 5.08. The summed E-state index contributed by atoms with van der Waals surface area (Å²) in [5.74, 6) is 0.161. The Labute approximate surface area is 141 Å². The Hall–Kier alpha value is -1.33. The van der Waals surface area contributed by atoms with Crippen LogP contribution in [0.5, 0.6) is 5.75 Å². The molecule has 0 unspecified atom stereocenters. The maximum absolute atomic E-state index is 13.0. The number of hydrogen-bond donors (Lipinski definition) is 1. The summed E-state index contributed by atoms with van der Waals surface area (Å²) in [5, 5.41) is 3.09. The fourth-order valence-corrected chi connectivity index (χ4v) is 2.91. The first-order chi connectivity index (χ1) is 10.9. The Morgan fingerprint density at radius 2 is 2.22 bits per heavy atom. The van der Waals surface area contributed by atoms with Crippen molar-refractivity contribution in [1.82, 2.24) is 10.2 Å². The third-order valence-electron chi connectivity index (χ3n) is 4.18. The van der Waals surface area contributed by atoms with E-state index in [-0.39, 0.29) is 10.9 Å². The number of hydrogen-bond acceptors (Lipinski definition) is 3. The number of likely N-dealkylation sites (tertiary alicyclic amines) is 1. The molecule has 1 fully saturated rings. The van der Waals surface area contributed by atoms with Gasteiger partial charge in [-0.2, -0.15) is 0 Å². The molecule has 128 valence electrons. The molecule has 1 aromatic carbocycles. The van der Waals surface area contributed by atoms with Crippen molar-refractivity contribution in [2.75, 3.05) is 19.6 Å². The lowest BCUT2D eigenvalue weighted by atomic mass is 10.1. The van der Waals surface area contributed by atoms with Gasteiger partial charge in [0.15, 0.2) is 6.10 Å². The number of rotatable bonds is 6. The van der Waals surface area contributed by atoms with Crippen LogP contribution in [0.4, 0.5) is 4.39 Å².